The maximum Gasteiger partial charge on any atom is 0.338 e. The second-order valence-corrected chi connectivity index (χ2v) is 3.81. The summed E-state index contributed by atoms with van der Waals surface area (Å²) in [4.78, 5) is 11.8. The fourth-order valence-corrected chi connectivity index (χ4v) is 1.94. The van der Waals surface area contributed by atoms with E-state index in [0.29, 0.717) is 18.8 Å². The predicted octanol–water partition coefficient (Wildman–Crippen LogP) is 3.37. The quantitative estimate of drug-likeness (QED) is 0.773. The normalized spacial score (nSPS) is 10.3. The highest BCUT2D eigenvalue weighted by Gasteiger charge is 2.18. The lowest BCUT2D eigenvalue weighted by molar-refractivity contribution is 0.0528. The summed E-state index contributed by atoms with van der Waals surface area (Å²) in [6, 6.07) is 11.3. The Morgan fingerprint density at radius 3 is 2.50 bits per heavy atom. The Hall–Kier alpha value is -2.03. The van der Waals surface area contributed by atoms with Crippen LogP contribution in [0.25, 0.3) is 11.1 Å². The van der Waals surface area contributed by atoms with Gasteiger partial charge in [0, 0.05) is 5.56 Å². The first-order valence-electron chi connectivity index (χ1n) is 6.09. The number of fused-ring (bicyclic) bond motifs is 1. The molecule has 0 amide bonds. The number of carbonyl (C=O) groups is 1. The zero-order valence-electron chi connectivity index (χ0n) is 10.6. The molecule has 3 nitrogen and oxygen atoms in total. The van der Waals surface area contributed by atoms with E-state index in [0.717, 1.165) is 16.9 Å². The van der Waals surface area contributed by atoms with E-state index in [-0.39, 0.29) is 5.97 Å². The summed E-state index contributed by atoms with van der Waals surface area (Å²) in [5.41, 5.74) is 2.39. The van der Waals surface area contributed by atoms with Gasteiger partial charge in [-0.2, -0.15) is 0 Å². The van der Waals surface area contributed by atoms with Gasteiger partial charge in [-0.15, -0.1) is 0 Å². The number of rotatable bonds is 4. The summed E-state index contributed by atoms with van der Waals surface area (Å²) >= 11 is 0. The third-order valence-corrected chi connectivity index (χ3v) is 2.68. The van der Waals surface area contributed by atoms with Crippen molar-refractivity contribution in [3.8, 4) is 16.9 Å². The monoisotopic (exact) mass is 244 g/mol. The highest BCUT2D eigenvalue weighted by Crippen LogP contribution is 2.35. The van der Waals surface area contributed by atoms with Crippen LogP contribution in [0.5, 0.6) is 5.75 Å². The molecule has 0 bridgehead atoms. The summed E-state index contributed by atoms with van der Waals surface area (Å²) in [7, 11) is 0. The van der Waals surface area contributed by atoms with Crippen LogP contribution in [0.2, 0.25) is 0 Å². The topological polar surface area (TPSA) is 35.5 Å². The molecule has 0 saturated heterocycles. The number of ether oxygens (including phenoxy) is 2. The first-order valence-corrected chi connectivity index (χ1v) is 6.09. The van der Waals surface area contributed by atoms with Crippen LogP contribution < -0.4 is 4.74 Å². The van der Waals surface area contributed by atoms with Crippen LogP contribution in [0.1, 0.15) is 24.2 Å². The van der Waals surface area contributed by atoms with Crippen molar-refractivity contribution in [2.45, 2.75) is 13.8 Å². The fraction of sp³-hybridized carbons (Fsp3) is 0.267. The van der Waals surface area contributed by atoms with Gasteiger partial charge in [-0.25, -0.2) is 4.79 Å². The molecule has 0 fully saturated rings. The van der Waals surface area contributed by atoms with Gasteiger partial charge in [0.1, 0.15) is 5.75 Å². The third-order valence-electron chi connectivity index (χ3n) is 2.68. The van der Waals surface area contributed by atoms with Gasteiger partial charge in [0.05, 0.1) is 18.8 Å². The van der Waals surface area contributed by atoms with Crippen LogP contribution in [0, 0.1) is 0 Å². The van der Waals surface area contributed by atoms with Crippen molar-refractivity contribution in [2.75, 3.05) is 13.2 Å². The molecule has 94 valence electrons. The molecule has 0 atom stereocenters. The molecule has 0 aromatic rings. The minimum Gasteiger partial charge on any atom is -0.493 e. The van der Waals surface area contributed by atoms with Gasteiger partial charge in [-0.3, -0.25) is 0 Å². The zero-order chi connectivity index (χ0) is 13.0. The van der Waals surface area contributed by atoms with Crippen molar-refractivity contribution in [3.05, 3.63) is 42.0 Å². The predicted molar refractivity (Wildman–Crippen MR) is 70.2 cm³/mol. The third kappa shape index (κ3) is 2.30. The average Bonchev–Trinajstić information content (AvgIpc) is 2.68. The maximum atomic E-state index is 11.8. The summed E-state index contributed by atoms with van der Waals surface area (Å²) in [5.74, 6) is 0.495. The molecule has 0 spiro atoms. The maximum absolute atomic E-state index is 11.8. The van der Waals surface area contributed by atoms with Crippen LogP contribution in [0.15, 0.2) is 36.4 Å². The van der Waals surface area contributed by atoms with E-state index < -0.39 is 0 Å². The second kappa shape index (κ2) is 5.54. The highest BCUT2D eigenvalue weighted by molar-refractivity contribution is 5.99. The number of hydrogen-bond acceptors (Lipinski definition) is 3. The van der Waals surface area contributed by atoms with E-state index >= 15 is 0 Å². The molecule has 2 rings (SSSR count). The fourth-order valence-electron chi connectivity index (χ4n) is 1.94. The highest BCUT2D eigenvalue weighted by atomic mass is 16.5. The first kappa shape index (κ1) is 12.4. The first-order chi connectivity index (χ1) is 8.77. The van der Waals surface area contributed by atoms with Crippen molar-refractivity contribution in [3.63, 3.8) is 0 Å². The number of carbonyl (C=O) groups excluding carboxylic acids is 1. The van der Waals surface area contributed by atoms with E-state index in [1.54, 1.807) is 13.0 Å². The Bertz CT molecular complexity index is 519. The summed E-state index contributed by atoms with van der Waals surface area (Å²) in [6.07, 6.45) is 0. The molecule has 3 heteroatoms. The molecule has 0 aliphatic heterocycles. The second-order valence-electron chi connectivity index (χ2n) is 3.81. The van der Waals surface area contributed by atoms with E-state index in [4.69, 9.17) is 9.47 Å². The van der Waals surface area contributed by atoms with Crippen LogP contribution in [-0.2, 0) is 4.74 Å². The van der Waals surface area contributed by atoms with Crippen molar-refractivity contribution < 1.29 is 14.3 Å². The Labute approximate surface area is 107 Å². The molecule has 0 radical (unpaired) electrons. The molecule has 0 aromatic carbocycles. The van der Waals surface area contributed by atoms with Crippen LogP contribution >= 0.6 is 0 Å². The molecular weight excluding hydrogens is 228 g/mol. The molecule has 2 aliphatic rings. The molecule has 2 aliphatic carbocycles. The minimum atomic E-state index is -0.291. The lowest BCUT2D eigenvalue weighted by Gasteiger charge is -2.06. The SMILES string of the molecule is CCOC(=O)c1ccc2c(OCC)ccccc1-2. The van der Waals surface area contributed by atoms with Gasteiger partial charge in [0.25, 0.3) is 0 Å². The zero-order valence-corrected chi connectivity index (χ0v) is 10.6. The molecule has 0 heterocycles. The van der Waals surface area contributed by atoms with Crippen molar-refractivity contribution >= 4 is 5.97 Å². The molecule has 0 saturated carbocycles. The Morgan fingerprint density at radius 2 is 1.78 bits per heavy atom. The molecule has 0 unspecified atom stereocenters. The van der Waals surface area contributed by atoms with Gasteiger partial charge in [0.15, 0.2) is 0 Å². The molecule has 18 heavy (non-hydrogen) atoms. The lowest BCUT2D eigenvalue weighted by atomic mass is 10.1. The van der Waals surface area contributed by atoms with Crippen LogP contribution in [0.4, 0.5) is 0 Å². The summed E-state index contributed by atoms with van der Waals surface area (Å²) in [5, 5.41) is 0. The van der Waals surface area contributed by atoms with Gasteiger partial charge in [-0.05, 0) is 37.6 Å². The van der Waals surface area contributed by atoms with Gasteiger partial charge >= 0.3 is 5.97 Å². The molecule has 0 N–H and O–H groups in total. The van der Waals surface area contributed by atoms with Crippen LogP contribution in [0.3, 0.4) is 0 Å². The Kier molecular flexibility index (Phi) is 3.82. The number of hydrogen-bond donors (Lipinski definition) is 0. The number of esters is 1. The molecular formula is C15H16O3. The Balaban J connectivity index is 2.46. The smallest absolute Gasteiger partial charge is 0.338 e. The van der Waals surface area contributed by atoms with E-state index in [1.807, 2.05) is 37.3 Å². The van der Waals surface area contributed by atoms with Crippen molar-refractivity contribution in [1.82, 2.24) is 0 Å². The summed E-state index contributed by atoms with van der Waals surface area (Å²) < 4.78 is 10.6. The minimum absolute atomic E-state index is 0.291. The van der Waals surface area contributed by atoms with Crippen molar-refractivity contribution in [1.29, 1.82) is 0 Å². The lowest BCUT2D eigenvalue weighted by Crippen LogP contribution is -2.04. The molecule has 0 aromatic heterocycles. The van der Waals surface area contributed by atoms with Gasteiger partial charge in [-0.1, -0.05) is 18.2 Å². The van der Waals surface area contributed by atoms with Crippen LogP contribution in [-0.4, -0.2) is 19.2 Å². The largest absolute Gasteiger partial charge is 0.493 e. The van der Waals surface area contributed by atoms with E-state index in [1.165, 1.54) is 0 Å². The van der Waals surface area contributed by atoms with E-state index in [9.17, 15) is 4.79 Å². The Morgan fingerprint density at radius 1 is 1.00 bits per heavy atom. The summed E-state index contributed by atoms with van der Waals surface area (Å²) in [6.45, 7) is 4.71. The van der Waals surface area contributed by atoms with Crippen molar-refractivity contribution in [2.24, 2.45) is 0 Å². The average molecular weight is 244 g/mol. The standard InChI is InChI=1S/C15H16O3/c1-3-17-14-8-6-5-7-11-12(14)9-10-13(11)15(16)18-4-2/h5-10H,3-4H2,1-2H3. The van der Waals surface area contributed by atoms with Gasteiger partial charge < -0.3 is 9.47 Å². The van der Waals surface area contributed by atoms with E-state index in [2.05, 4.69) is 0 Å². The van der Waals surface area contributed by atoms with Gasteiger partial charge in [0.2, 0.25) is 0 Å².